The molecular weight excluding hydrogens is 771 g/mol. The zero-order valence-electron chi connectivity index (χ0n) is 42.1. The first-order chi connectivity index (χ1) is 31.2. The van der Waals surface area contributed by atoms with Crippen LogP contribution < -0.4 is 5.32 Å². The Morgan fingerprint density at radius 3 is 1.05 bits per heavy atom. The van der Waals surface area contributed by atoms with Crippen LogP contribution in [0.1, 0.15) is 277 Å². The van der Waals surface area contributed by atoms with Gasteiger partial charge < -0.3 is 15.5 Å². The lowest BCUT2D eigenvalue weighted by molar-refractivity contribution is -0.123. The van der Waals surface area contributed by atoms with E-state index < -0.39 is 12.1 Å². The monoisotopic (exact) mass is 878 g/mol. The number of hydrogen-bond acceptors (Lipinski definition) is 3. The molecule has 1 amide bonds. The van der Waals surface area contributed by atoms with Gasteiger partial charge in [0.25, 0.3) is 0 Å². The van der Waals surface area contributed by atoms with E-state index in [1.807, 2.05) is 6.08 Å². The number of carbonyl (C=O) groups is 1. The highest BCUT2D eigenvalue weighted by molar-refractivity contribution is 5.76. The fourth-order valence-corrected chi connectivity index (χ4v) is 8.27. The highest BCUT2D eigenvalue weighted by Gasteiger charge is 2.18. The summed E-state index contributed by atoms with van der Waals surface area (Å²) < 4.78 is 0. The Balaban J connectivity index is 3.51. The van der Waals surface area contributed by atoms with Crippen molar-refractivity contribution in [1.82, 2.24) is 5.32 Å². The molecule has 0 aliphatic carbocycles. The molecule has 0 saturated heterocycles. The van der Waals surface area contributed by atoms with E-state index in [4.69, 9.17) is 0 Å². The van der Waals surface area contributed by atoms with Gasteiger partial charge >= 0.3 is 0 Å². The van der Waals surface area contributed by atoms with Crippen LogP contribution in [-0.2, 0) is 4.79 Å². The standard InChI is InChI=1S/C59H107NO3/c1-3-5-7-9-11-13-15-17-19-21-23-25-26-27-28-29-30-31-32-33-34-35-37-39-41-43-45-47-49-51-53-55-59(63)60-57(56-61)58(62)54-52-50-48-46-44-42-40-38-36-24-22-20-18-16-14-12-10-8-6-4-2/h5,7,11,13,17,19,23,25,27-28,52,54,57-58,61-62H,3-4,6,8-10,12,14-16,18,20-22,24,26,29-51,53,55-56H2,1-2H3,(H,60,63)/b7-5-,13-11-,19-17-,25-23-,28-27-,54-52+. The molecule has 63 heavy (non-hydrogen) atoms. The number of unbranched alkanes of at least 4 members (excludes halogenated alkanes) is 33. The zero-order chi connectivity index (χ0) is 45.6. The molecule has 366 valence electrons. The molecule has 0 fully saturated rings. The number of amides is 1. The highest BCUT2D eigenvalue weighted by atomic mass is 16.3. The lowest BCUT2D eigenvalue weighted by Gasteiger charge is -2.20. The Labute approximate surface area is 393 Å². The van der Waals surface area contributed by atoms with Crippen molar-refractivity contribution < 1.29 is 15.0 Å². The first-order valence-corrected chi connectivity index (χ1v) is 27.7. The summed E-state index contributed by atoms with van der Waals surface area (Å²) in [4.78, 5) is 12.5. The van der Waals surface area contributed by atoms with Crippen LogP contribution in [0.25, 0.3) is 0 Å². The van der Waals surface area contributed by atoms with Crippen LogP contribution in [0.15, 0.2) is 72.9 Å². The molecule has 3 N–H and O–H groups in total. The van der Waals surface area contributed by atoms with Gasteiger partial charge in [-0.2, -0.15) is 0 Å². The highest BCUT2D eigenvalue weighted by Crippen LogP contribution is 2.17. The van der Waals surface area contributed by atoms with E-state index in [1.165, 1.54) is 199 Å². The summed E-state index contributed by atoms with van der Waals surface area (Å²) in [7, 11) is 0. The molecule has 0 aliphatic rings. The van der Waals surface area contributed by atoms with Gasteiger partial charge in [0.15, 0.2) is 0 Å². The minimum absolute atomic E-state index is 0.0636. The molecule has 0 radical (unpaired) electrons. The van der Waals surface area contributed by atoms with Crippen molar-refractivity contribution in [2.75, 3.05) is 6.61 Å². The molecule has 0 aromatic rings. The van der Waals surface area contributed by atoms with Crippen molar-refractivity contribution in [2.45, 2.75) is 289 Å². The Kier molecular flexibility index (Phi) is 52.3. The minimum Gasteiger partial charge on any atom is -0.394 e. The molecule has 0 spiro atoms. The van der Waals surface area contributed by atoms with Crippen LogP contribution in [0, 0.1) is 0 Å². The molecule has 0 aromatic heterocycles. The molecule has 4 heteroatoms. The van der Waals surface area contributed by atoms with Crippen LogP contribution in [0.2, 0.25) is 0 Å². The number of carbonyl (C=O) groups excluding carboxylic acids is 1. The predicted molar refractivity (Wildman–Crippen MR) is 281 cm³/mol. The van der Waals surface area contributed by atoms with Gasteiger partial charge in [-0.3, -0.25) is 4.79 Å². The average molecular weight is 879 g/mol. The van der Waals surface area contributed by atoms with Crippen molar-refractivity contribution in [2.24, 2.45) is 0 Å². The summed E-state index contributed by atoms with van der Waals surface area (Å²) in [6.07, 6.45) is 77.7. The van der Waals surface area contributed by atoms with E-state index in [0.29, 0.717) is 6.42 Å². The molecule has 0 heterocycles. The van der Waals surface area contributed by atoms with Crippen molar-refractivity contribution >= 4 is 5.91 Å². The number of hydrogen-bond donors (Lipinski definition) is 3. The van der Waals surface area contributed by atoms with Gasteiger partial charge in [0.2, 0.25) is 5.91 Å². The second-order valence-electron chi connectivity index (χ2n) is 18.6. The minimum atomic E-state index is -0.842. The van der Waals surface area contributed by atoms with Crippen LogP contribution in [-0.4, -0.2) is 34.9 Å². The van der Waals surface area contributed by atoms with E-state index in [1.54, 1.807) is 6.08 Å². The van der Waals surface area contributed by atoms with E-state index in [9.17, 15) is 15.0 Å². The van der Waals surface area contributed by atoms with Crippen molar-refractivity contribution in [3.05, 3.63) is 72.9 Å². The molecular formula is C59H107NO3. The van der Waals surface area contributed by atoms with Crippen LogP contribution >= 0.6 is 0 Å². The number of aliphatic hydroxyl groups excluding tert-OH is 2. The topological polar surface area (TPSA) is 69.6 Å². The largest absolute Gasteiger partial charge is 0.394 e. The molecule has 0 saturated carbocycles. The quantitative estimate of drug-likeness (QED) is 0.0421. The van der Waals surface area contributed by atoms with Gasteiger partial charge in [0.1, 0.15) is 0 Å². The van der Waals surface area contributed by atoms with Gasteiger partial charge in [-0.05, 0) is 64.2 Å². The van der Waals surface area contributed by atoms with E-state index in [0.717, 1.165) is 57.8 Å². The summed E-state index contributed by atoms with van der Waals surface area (Å²) in [6, 6.07) is -0.625. The normalized spacial score (nSPS) is 13.4. The summed E-state index contributed by atoms with van der Waals surface area (Å²) in [5.74, 6) is -0.0636. The Bertz CT molecular complexity index is 1090. The second-order valence-corrected chi connectivity index (χ2v) is 18.6. The lowest BCUT2D eigenvalue weighted by Crippen LogP contribution is -2.45. The third kappa shape index (κ3) is 50.7. The molecule has 0 bridgehead atoms. The maximum absolute atomic E-state index is 12.5. The second kappa shape index (κ2) is 54.2. The maximum Gasteiger partial charge on any atom is 0.220 e. The molecule has 0 aliphatic heterocycles. The number of aliphatic hydroxyl groups is 2. The maximum atomic E-state index is 12.5. The van der Waals surface area contributed by atoms with Gasteiger partial charge in [0.05, 0.1) is 18.8 Å². The first kappa shape index (κ1) is 60.8. The van der Waals surface area contributed by atoms with Crippen molar-refractivity contribution in [1.29, 1.82) is 0 Å². The van der Waals surface area contributed by atoms with E-state index >= 15 is 0 Å². The predicted octanol–water partition coefficient (Wildman–Crippen LogP) is 18.2. The molecule has 2 unspecified atom stereocenters. The third-order valence-electron chi connectivity index (χ3n) is 12.4. The lowest BCUT2D eigenvalue weighted by atomic mass is 10.0. The van der Waals surface area contributed by atoms with Gasteiger partial charge in [0, 0.05) is 6.42 Å². The summed E-state index contributed by atoms with van der Waals surface area (Å²) >= 11 is 0. The number of rotatable bonds is 50. The first-order valence-electron chi connectivity index (χ1n) is 27.7. The van der Waals surface area contributed by atoms with Crippen molar-refractivity contribution in [3.8, 4) is 0 Å². The van der Waals surface area contributed by atoms with Crippen molar-refractivity contribution in [3.63, 3.8) is 0 Å². The van der Waals surface area contributed by atoms with E-state index in [-0.39, 0.29) is 12.5 Å². The fraction of sp³-hybridized carbons (Fsp3) is 0.780. The Morgan fingerprint density at radius 1 is 0.397 bits per heavy atom. The molecule has 4 nitrogen and oxygen atoms in total. The molecule has 0 rings (SSSR count). The van der Waals surface area contributed by atoms with Gasteiger partial charge in [-0.25, -0.2) is 0 Å². The van der Waals surface area contributed by atoms with Crippen LogP contribution in [0.5, 0.6) is 0 Å². The summed E-state index contributed by atoms with van der Waals surface area (Å²) in [6.45, 7) is 4.21. The zero-order valence-corrected chi connectivity index (χ0v) is 42.1. The third-order valence-corrected chi connectivity index (χ3v) is 12.4. The SMILES string of the molecule is CC/C=C\C/C=C\C/C=C\C/C=C\C/C=C\CCCCCCCCCCCCCCCCCC(=O)NC(CO)C(O)/C=C/CCCCCCCCCCCCCCCCCCCC. The smallest absolute Gasteiger partial charge is 0.220 e. The summed E-state index contributed by atoms with van der Waals surface area (Å²) in [5.41, 5.74) is 0. The van der Waals surface area contributed by atoms with Gasteiger partial charge in [-0.1, -0.05) is 279 Å². The Morgan fingerprint density at radius 2 is 0.698 bits per heavy atom. The average Bonchev–Trinajstić information content (AvgIpc) is 3.29. The fourth-order valence-electron chi connectivity index (χ4n) is 8.27. The molecule has 2 atom stereocenters. The number of nitrogens with one attached hydrogen (secondary N) is 1. The number of allylic oxidation sites excluding steroid dienone is 11. The van der Waals surface area contributed by atoms with E-state index in [2.05, 4.69) is 79.9 Å². The molecule has 0 aromatic carbocycles. The van der Waals surface area contributed by atoms with Gasteiger partial charge in [-0.15, -0.1) is 0 Å². The van der Waals surface area contributed by atoms with Crippen LogP contribution in [0.3, 0.4) is 0 Å². The van der Waals surface area contributed by atoms with Crippen LogP contribution in [0.4, 0.5) is 0 Å². The Hall–Kier alpha value is -2.17. The summed E-state index contributed by atoms with van der Waals surface area (Å²) in [5, 5.41) is 23.2.